The molecule has 1 aliphatic rings. The van der Waals surface area contributed by atoms with Gasteiger partial charge in [0.1, 0.15) is 17.2 Å². The Morgan fingerprint density at radius 3 is 2.61 bits per heavy atom. The van der Waals surface area contributed by atoms with Crippen molar-refractivity contribution in [2.24, 2.45) is 0 Å². The largest absolute Gasteiger partial charge is 0.467 e. The monoisotopic (exact) mass is 339 g/mol. The number of nitrogens with zero attached hydrogens (tertiary/aromatic N) is 1. The number of rotatable bonds is 6. The molecule has 126 valence electrons. The van der Waals surface area contributed by atoms with E-state index in [1.165, 1.54) is 31.0 Å². The van der Waals surface area contributed by atoms with Crippen LogP contribution in [0.1, 0.15) is 43.5 Å². The average molecular weight is 339 g/mol. The molecule has 1 aromatic carbocycles. The summed E-state index contributed by atoms with van der Waals surface area (Å²) in [5.41, 5.74) is 0.826. The lowest BCUT2D eigenvalue weighted by Gasteiger charge is -2.28. The maximum absolute atomic E-state index is 13.1. The Hall–Kier alpha value is -1.56. The van der Waals surface area contributed by atoms with E-state index in [1.807, 2.05) is 0 Å². The van der Waals surface area contributed by atoms with E-state index in [0.717, 1.165) is 24.8 Å². The quantitative estimate of drug-likeness (QED) is 0.588. The molecule has 23 heavy (non-hydrogen) atoms. The predicted octanol–water partition coefficient (Wildman–Crippen LogP) is 3.52. The standard InChI is InChI=1S/C17H22FNO3S/c1-3-4-5-6-15(20)19-14(17(21)22-2)11-23-16(19)12-7-9-13(18)10-8-12/h7-10,14,16H,3-6,11H2,1-2H3. The molecule has 2 unspecified atom stereocenters. The van der Waals surface area contributed by atoms with Crippen LogP contribution >= 0.6 is 11.8 Å². The predicted molar refractivity (Wildman–Crippen MR) is 88.4 cm³/mol. The van der Waals surface area contributed by atoms with E-state index in [9.17, 15) is 14.0 Å². The first-order valence-electron chi connectivity index (χ1n) is 7.84. The zero-order valence-electron chi connectivity index (χ0n) is 13.5. The highest BCUT2D eigenvalue weighted by Crippen LogP contribution is 2.42. The summed E-state index contributed by atoms with van der Waals surface area (Å²) in [5.74, 6) is -0.268. The number of halogens is 1. The molecule has 0 saturated carbocycles. The van der Waals surface area contributed by atoms with Gasteiger partial charge in [0.15, 0.2) is 0 Å². The van der Waals surface area contributed by atoms with Gasteiger partial charge in [0.05, 0.1) is 7.11 Å². The lowest BCUT2D eigenvalue weighted by molar-refractivity contribution is -0.151. The minimum atomic E-state index is -0.575. The molecule has 1 aromatic rings. The number of amides is 1. The van der Waals surface area contributed by atoms with E-state index in [0.29, 0.717) is 12.2 Å². The van der Waals surface area contributed by atoms with Gasteiger partial charge in [-0.25, -0.2) is 9.18 Å². The SMILES string of the molecule is CCCCCC(=O)N1C(C(=O)OC)CSC1c1ccc(F)cc1. The van der Waals surface area contributed by atoms with Gasteiger partial charge in [0.25, 0.3) is 0 Å². The maximum Gasteiger partial charge on any atom is 0.329 e. The van der Waals surface area contributed by atoms with Crippen molar-refractivity contribution in [3.05, 3.63) is 35.6 Å². The molecule has 1 fully saturated rings. The Bertz CT molecular complexity index is 549. The van der Waals surface area contributed by atoms with Crippen LogP contribution in [-0.4, -0.2) is 35.7 Å². The highest BCUT2D eigenvalue weighted by molar-refractivity contribution is 7.99. The summed E-state index contributed by atoms with van der Waals surface area (Å²) in [6, 6.07) is 5.51. The molecule has 4 nitrogen and oxygen atoms in total. The third kappa shape index (κ3) is 4.25. The summed E-state index contributed by atoms with van der Waals surface area (Å²) in [6.45, 7) is 2.08. The molecule has 1 aliphatic heterocycles. The summed E-state index contributed by atoms with van der Waals surface area (Å²) in [5, 5.41) is -0.270. The first kappa shape index (κ1) is 17.8. The Kier molecular flexibility index (Phi) is 6.45. The molecule has 0 N–H and O–H groups in total. The molecule has 0 radical (unpaired) electrons. The number of unbranched alkanes of at least 4 members (excludes halogenated alkanes) is 2. The van der Waals surface area contributed by atoms with Crippen molar-refractivity contribution in [2.75, 3.05) is 12.9 Å². The van der Waals surface area contributed by atoms with Gasteiger partial charge in [0.2, 0.25) is 5.91 Å². The van der Waals surface area contributed by atoms with Crippen LogP contribution in [0.5, 0.6) is 0 Å². The first-order valence-corrected chi connectivity index (χ1v) is 8.89. The van der Waals surface area contributed by atoms with Crippen LogP contribution in [0.15, 0.2) is 24.3 Å². The molecular formula is C17H22FNO3S. The fourth-order valence-corrected chi connectivity index (χ4v) is 4.10. The van der Waals surface area contributed by atoms with Crippen molar-refractivity contribution in [3.8, 4) is 0 Å². The zero-order valence-corrected chi connectivity index (χ0v) is 14.3. The van der Waals surface area contributed by atoms with Crippen molar-refractivity contribution in [1.82, 2.24) is 4.90 Å². The Morgan fingerprint density at radius 2 is 2.00 bits per heavy atom. The van der Waals surface area contributed by atoms with E-state index in [2.05, 4.69) is 6.92 Å². The summed E-state index contributed by atoms with van der Waals surface area (Å²) in [6.07, 6.45) is 3.24. The molecule has 0 bridgehead atoms. The van der Waals surface area contributed by atoms with E-state index >= 15 is 0 Å². The molecular weight excluding hydrogens is 317 g/mol. The fraction of sp³-hybridized carbons (Fsp3) is 0.529. The van der Waals surface area contributed by atoms with Crippen LogP contribution in [0.4, 0.5) is 4.39 Å². The molecule has 0 aromatic heterocycles. The maximum atomic E-state index is 13.1. The minimum Gasteiger partial charge on any atom is -0.467 e. The van der Waals surface area contributed by atoms with Crippen LogP contribution in [0, 0.1) is 5.82 Å². The molecule has 1 saturated heterocycles. The van der Waals surface area contributed by atoms with Gasteiger partial charge in [0, 0.05) is 12.2 Å². The smallest absolute Gasteiger partial charge is 0.329 e. The fourth-order valence-electron chi connectivity index (χ4n) is 2.67. The molecule has 6 heteroatoms. The van der Waals surface area contributed by atoms with Crippen molar-refractivity contribution in [1.29, 1.82) is 0 Å². The van der Waals surface area contributed by atoms with E-state index in [-0.39, 0.29) is 17.1 Å². The van der Waals surface area contributed by atoms with Crippen molar-refractivity contribution in [3.63, 3.8) is 0 Å². The zero-order chi connectivity index (χ0) is 16.8. The number of thioether (sulfide) groups is 1. The molecule has 0 spiro atoms. The van der Waals surface area contributed by atoms with E-state index in [1.54, 1.807) is 17.0 Å². The third-order valence-electron chi connectivity index (χ3n) is 3.91. The Labute approximate surface area is 140 Å². The average Bonchev–Trinajstić information content (AvgIpc) is 3.00. The number of benzene rings is 1. The second-order valence-corrected chi connectivity index (χ2v) is 6.65. The third-order valence-corrected chi connectivity index (χ3v) is 5.23. The number of hydrogen-bond donors (Lipinski definition) is 0. The number of ether oxygens (including phenoxy) is 1. The minimum absolute atomic E-state index is 0.0480. The van der Waals surface area contributed by atoms with Gasteiger partial charge in [-0.15, -0.1) is 11.8 Å². The van der Waals surface area contributed by atoms with Crippen LogP contribution in [0.3, 0.4) is 0 Å². The highest BCUT2D eigenvalue weighted by atomic mass is 32.2. The van der Waals surface area contributed by atoms with E-state index < -0.39 is 12.0 Å². The molecule has 0 aliphatic carbocycles. The number of hydrogen-bond acceptors (Lipinski definition) is 4. The van der Waals surface area contributed by atoms with Crippen molar-refractivity contribution in [2.45, 2.75) is 44.0 Å². The van der Waals surface area contributed by atoms with Gasteiger partial charge in [-0.3, -0.25) is 4.79 Å². The van der Waals surface area contributed by atoms with Gasteiger partial charge < -0.3 is 9.64 Å². The normalized spacial score (nSPS) is 20.6. The summed E-state index contributed by atoms with van der Waals surface area (Å²) >= 11 is 1.51. The van der Waals surface area contributed by atoms with Crippen LogP contribution in [-0.2, 0) is 14.3 Å². The van der Waals surface area contributed by atoms with Crippen LogP contribution in [0.2, 0.25) is 0 Å². The van der Waals surface area contributed by atoms with Crippen LogP contribution in [0.25, 0.3) is 0 Å². The highest BCUT2D eigenvalue weighted by Gasteiger charge is 2.42. The molecule has 1 heterocycles. The Balaban J connectivity index is 2.20. The Morgan fingerprint density at radius 1 is 1.30 bits per heavy atom. The van der Waals surface area contributed by atoms with Crippen molar-refractivity contribution >= 4 is 23.6 Å². The number of esters is 1. The second-order valence-electron chi connectivity index (χ2n) is 5.53. The second kappa shape index (κ2) is 8.34. The van der Waals surface area contributed by atoms with Gasteiger partial charge in [-0.2, -0.15) is 0 Å². The number of carbonyl (C=O) groups excluding carboxylic acids is 2. The topological polar surface area (TPSA) is 46.6 Å². The lowest BCUT2D eigenvalue weighted by atomic mass is 10.1. The number of carbonyl (C=O) groups is 2. The molecule has 2 atom stereocenters. The summed E-state index contributed by atoms with van der Waals surface area (Å²) < 4.78 is 18.0. The van der Waals surface area contributed by atoms with Gasteiger partial charge >= 0.3 is 5.97 Å². The van der Waals surface area contributed by atoms with E-state index in [4.69, 9.17) is 4.74 Å². The summed E-state index contributed by atoms with van der Waals surface area (Å²) in [4.78, 5) is 26.2. The molecule has 1 amide bonds. The first-order chi connectivity index (χ1) is 11.1. The lowest BCUT2D eigenvalue weighted by Crippen LogP contribution is -2.43. The molecule has 2 rings (SSSR count). The van der Waals surface area contributed by atoms with Crippen LogP contribution < -0.4 is 0 Å². The van der Waals surface area contributed by atoms with Gasteiger partial charge in [-0.05, 0) is 24.1 Å². The van der Waals surface area contributed by atoms with Crippen molar-refractivity contribution < 1.29 is 18.7 Å². The van der Waals surface area contributed by atoms with Gasteiger partial charge in [-0.1, -0.05) is 31.9 Å². The summed E-state index contributed by atoms with van der Waals surface area (Å²) in [7, 11) is 1.33. The number of methoxy groups -OCH3 is 1.